The molecule has 1 N–H and O–H groups in total. The highest BCUT2D eigenvalue weighted by molar-refractivity contribution is 7.14. The number of ether oxygens (including phenoxy) is 2. The van der Waals surface area contributed by atoms with E-state index in [9.17, 15) is 0 Å². The zero-order chi connectivity index (χ0) is 20.1. The average Bonchev–Trinajstić information content (AvgIpc) is 3.23. The zero-order valence-electron chi connectivity index (χ0n) is 16.9. The molecule has 7 heteroatoms. The van der Waals surface area contributed by atoms with Crippen LogP contribution in [0.5, 0.6) is 11.8 Å². The molecular formula is C22H26N4O2S. The van der Waals surface area contributed by atoms with Crippen LogP contribution in [0.2, 0.25) is 0 Å². The summed E-state index contributed by atoms with van der Waals surface area (Å²) in [6.07, 6.45) is 10.0. The Morgan fingerprint density at radius 3 is 2.69 bits per heavy atom. The molecule has 0 radical (unpaired) electrons. The molecule has 1 saturated carbocycles. The third kappa shape index (κ3) is 5.03. The quantitative estimate of drug-likeness (QED) is 0.545. The topological polar surface area (TPSA) is 69.2 Å². The Balaban J connectivity index is 1.41. The fourth-order valence-corrected chi connectivity index (χ4v) is 4.28. The van der Waals surface area contributed by atoms with Gasteiger partial charge >= 0.3 is 6.01 Å². The molecule has 152 valence electrons. The molecule has 0 spiro atoms. The first-order chi connectivity index (χ1) is 14.2. The smallest absolute Gasteiger partial charge is 0.316 e. The lowest BCUT2D eigenvalue weighted by Crippen LogP contribution is -2.15. The summed E-state index contributed by atoms with van der Waals surface area (Å²) in [6.45, 7) is 2.90. The van der Waals surface area contributed by atoms with Gasteiger partial charge in [0.1, 0.15) is 5.75 Å². The number of aryl methyl sites for hydroxylation is 1. The highest BCUT2D eigenvalue weighted by Crippen LogP contribution is 2.30. The Hall–Kier alpha value is -2.67. The van der Waals surface area contributed by atoms with Crippen LogP contribution in [0, 0.1) is 12.8 Å². The van der Waals surface area contributed by atoms with E-state index in [1.807, 2.05) is 5.38 Å². The predicted octanol–water partition coefficient (Wildman–Crippen LogP) is 5.62. The van der Waals surface area contributed by atoms with E-state index < -0.39 is 0 Å². The molecule has 4 rings (SSSR count). The van der Waals surface area contributed by atoms with Crippen LogP contribution in [0.4, 0.5) is 10.8 Å². The SMILES string of the molecule is COc1ncc(-c2csc(Nc3ccc(C)c(OCC4CCCCC4)c3)n2)cn1. The van der Waals surface area contributed by atoms with Gasteiger partial charge in [0, 0.05) is 35.1 Å². The van der Waals surface area contributed by atoms with Crippen molar-refractivity contribution in [2.45, 2.75) is 39.0 Å². The molecule has 2 aromatic heterocycles. The second-order valence-electron chi connectivity index (χ2n) is 7.42. The maximum Gasteiger partial charge on any atom is 0.316 e. The van der Waals surface area contributed by atoms with Crippen molar-refractivity contribution in [2.24, 2.45) is 5.92 Å². The number of nitrogens with zero attached hydrogens (tertiary/aromatic N) is 3. The molecule has 29 heavy (non-hydrogen) atoms. The van der Waals surface area contributed by atoms with Gasteiger partial charge in [-0.25, -0.2) is 15.0 Å². The van der Waals surface area contributed by atoms with Gasteiger partial charge in [-0.05, 0) is 37.3 Å². The van der Waals surface area contributed by atoms with E-state index in [0.717, 1.165) is 40.0 Å². The number of hydrogen-bond donors (Lipinski definition) is 1. The van der Waals surface area contributed by atoms with E-state index in [2.05, 4.69) is 45.4 Å². The average molecular weight is 411 g/mol. The zero-order valence-corrected chi connectivity index (χ0v) is 17.7. The Morgan fingerprint density at radius 1 is 1.14 bits per heavy atom. The van der Waals surface area contributed by atoms with Crippen LogP contribution < -0.4 is 14.8 Å². The van der Waals surface area contributed by atoms with Gasteiger partial charge in [0.05, 0.1) is 19.4 Å². The molecule has 3 aromatic rings. The number of methoxy groups -OCH3 is 1. The highest BCUT2D eigenvalue weighted by Gasteiger charge is 2.15. The lowest BCUT2D eigenvalue weighted by atomic mass is 9.90. The monoisotopic (exact) mass is 410 g/mol. The number of benzene rings is 1. The lowest BCUT2D eigenvalue weighted by molar-refractivity contribution is 0.208. The lowest BCUT2D eigenvalue weighted by Gasteiger charge is -2.22. The Kier molecular flexibility index (Phi) is 6.24. The van der Waals surface area contributed by atoms with Crippen LogP contribution in [0.15, 0.2) is 36.0 Å². The van der Waals surface area contributed by atoms with E-state index in [0.29, 0.717) is 11.9 Å². The second kappa shape index (κ2) is 9.22. The van der Waals surface area contributed by atoms with Crippen molar-refractivity contribution in [1.82, 2.24) is 15.0 Å². The van der Waals surface area contributed by atoms with Gasteiger partial charge in [-0.1, -0.05) is 25.3 Å². The molecule has 1 aliphatic rings. The highest BCUT2D eigenvalue weighted by atomic mass is 32.1. The van der Waals surface area contributed by atoms with Gasteiger partial charge in [0.25, 0.3) is 0 Å². The van der Waals surface area contributed by atoms with E-state index in [1.165, 1.54) is 32.1 Å². The number of aromatic nitrogens is 3. The van der Waals surface area contributed by atoms with Crippen molar-refractivity contribution in [3.8, 4) is 23.0 Å². The molecule has 6 nitrogen and oxygen atoms in total. The largest absolute Gasteiger partial charge is 0.493 e. The van der Waals surface area contributed by atoms with Crippen molar-refractivity contribution < 1.29 is 9.47 Å². The number of anilines is 2. The van der Waals surface area contributed by atoms with Gasteiger partial charge in [-0.2, -0.15) is 0 Å². The fraction of sp³-hybridized carbons (Fsp3) is 0.409. The summed E-state index contributed by atoms with van der Waals surface area (Å²) >= 11 is 1.55. The molecule has 0 saturated heterocycles. The first kappa shape index (κ1) is 19.6. The van der Waals surface area contributed by atoms with Gasteiger partial charge in [0.2, 0.25) is 0 Å². The summed E-state index contributed by atoms with van der Waals surface area (Å²) in [4.78, 5) is 12.9. The molecule has 1 aromatic carbocycles. The minimum atomic E-state index is 0.350. The standard InChI is InChI=1S/C22H26N4O2S/c1-15-8-9-18(10-20(15)28-13-16-6-4-3-5-7-16)25-22-26-19(14-29-22)17-11-23-21(27-2)24-12-17/h8-12,14,16H,3-7,13H2,1-2H3,(H,25,26). The Labute approximate surface area is 175 Å². The number of rotatable bonds is 7. The van der Waals surface area contributed by atoms with Crippen LogP contribution in [-0.4, -0.2) is 28.7 Å². The molecular weight excluding hydrogens is 384 g/mol. The molecule has 1 aliphatic carbocycles. The molecule has 0 aliphatic heterocycles. The summed E-state index contributed by atoms with van der Waals surface area (Å²) < 4.78 is 11.2. The van der Waals surface area contributed by atoms with E-state index in [1.54, 1.807) is 30.8 Å². The van der Waals surface area contributed by atoms with Crippen molar-refractivity contribution in [3.05, 3.63) is 41.5 Å². The Morgan fingerprint density at radius 2 is 1.93 bits per heavy atom. The van der Waals surface area contributed by atoms with Crippen molar-refractivity contribution in [3.63, 3.8) is 0 Å². The third-order valence-electron chi connectivity index (χ3n) is 5.25. The van der Waals surface area contributed by atoms with Crippen molar-refractivity contribution >= 4 is 22.2 Å². The van der Waals surface area contributed by atoms with Gasteiger partial charge < -0.3 is 14.8 Å². The van der Waals surface area contributed by atoms with Crippen LogP contribution in [0.1, 0.15) is 37.7 Å². The molecule has 2 heterocycles. The predicted molar refractivity (Wildman–Crippen MR) is 116 cm³/mol. The molecule has 0 unspecified atom stereocenters. The minimum Gasteiger partial charge on any atom is -0.493 e. The summed E-state index contributed by atoms with van der Waals surface area (Å²) in [5, 5.41) is 6.19. The van der Waals surface area contributed by atoms with Gasteiger partial charge in [-0.15, -0.1) is 11.3 Å². The number of nitrogens with one attached hydrogen (secondary N) is 1. The first-order valence-electron chi connectivity index (χ1n) is 10.0. The van der Waals surface area contributed by atoms with E-state index in [4.69, 9.17) is 9.47 Å². The summed E-state index contributed by atoms with van der Waals surface area (Å²) in [6, 6.07) is 6.56. The van der Waals surface area contributed by atoms with E-state index in [-0.39, 0.29) is 0 Å². The molecule has 1 fully saturated rings. The van der Waals surface area contributed by atoms with Gasteiger partial charge in [0.15, 0.2) is 5.13 Å². The van der Waals surface area contributed by atoms with Crippen LogP contribution in [-0.2, 0) is 0 Å². The van der Waals surface area contributed by atoms with Gasteiger partial charge in [-0.3, -0.25) is 0 Å². The number of thiazole rings is 1. The van der Waals surface area contributed by atoms with Crippen molar-refractivity contribution in [2.75, 3.05) is 19.0 Å². The fourth-order valence-electron chi connectivity index (χ4n) is 3.54. The normalized spacial score (nSPS) is 14.6. The summed E-state index contributed by atoms with van der Waals surface area (Å²) in [7, 11) is 1.55. The summed E-state index contributed by atoms with van der Waals surface area (Å²) in [5.74, 6) is 1.63. The number of hydrogen-bond acceptors (Lipinski definition) is 7. The molecule has 0 amide bonds. The second-order valence-corrected chi connectivity index (χ2v) is 8.27. The summed E-state index contributed by atoms with van der Waals surface area (Å²) in [5.41, 5.74) is 3.82. The van der Waals surface area contributed by atoms with Crippen molar-refractivity contribution in [1.29, 1.82) is 0 Å². The minimum absolute atomic E-state index is 0.350. The first-order valence-corrected chi connectivity index (χ1v) is 10.9. The van der Waals surface area contributed by atoms with Crippen LogP contribution in [0.25, 0.3) is 11.3 Å². The maximum absolute atomic E-state index is 6.17. The van der Waals surface area contributed by atoms with Crippen LogP contribution >= 0.6 is 11.3 Å². The molecule has 0 bridgehead atoms. The van der Waals surface area contributed by atoms with E-state index >= 15 is 0 Å². The Bertz CT molecular complexity index is 936. The maximum atomic E-state index is 6.17. The van der Waals surface area contributed by atoms with Crippen LogP contribution in [0.3, 0.4) is 0 Å². The molecule has 0 atom stereocenters. The third-order valence-corrected chi connectivity index (χ3v) is 6.01.